The predicted octanol–water partition coefficient (Wildman–Crippen LogP) is 2.98. The number of nitrogens with two attached hydrogens (primary N) is 1. The van der Waals surface area contributed by atoms with E-state index in [1.165, 1.54) is 0 Å². The molecule has 1 heterocycles. The van der Waals surface area contributed by atoms with Gasteiger partial charge < -0.3 is 15.5 Å². The first kappa shape index (κ1) is 14.6. The predicted molar refractivity (Wildman–Crippen MR) is 80.2 cm³/mol. The van der Waals surface area contributed by atoms with Gasteiger partial charge in [0.15, 0.2) is 0 Å². The van der Waals surface area contributed by atoms with Crippen molar-refractivity contribution in [3.8, 4) is 0 Å². The Hall–Kier alpha value is -1.81. The first-order valence-electron chi connectivity index (χ1n) is 7.07. The van der Waals surface area contributed by atoms with Crippen LogP contribution < -0.4 is 11.1 Å². The lowest BCUT2D eigenvalue weighted by Gasteiger charge is -2.20. The van der Waals surface area contributed by atoms with E-state index >= 15 is 0 Å². The third kappa shape index (κ3) is 3.02. The molecular formula is C16H22N2O2. The van der Waals surface area contributed by atoms with E-state index < -0.39 is 6.04 Å². The van der Waals surface area contributed by atoms with Crippen molar-refractivity contribution >= 4 is 16.9 Å². The lowest BCUT2D eigenvalue weighted by molar-refractivity contribution is -0.124. The van der Waals surface area contributed by atoms with E-state index in [2.05, 4.69) is 5.32 Å². The van der Waals surface area contributed by atoms with Crippen molar-refractivity contribution in [2.45, 2.75) is 39.3 Å². The van der Waals surface area contributed by atoms with Gasteiger partial charge in [-0.2, -0.15) is 0 Å². The normalized spacial score (nSPS) is 15.8. The number of hydrogen-bond acceptors (Lipinski definition) is 3. The molecule has 3 atom stereocenters. The molecule has 1 unspecified atom stereocenters. The van der Waals surface area contributed by atoms with Crippen LogP contribution in [0.5, 0.6) is 0 Å². The summed E-state index contributed by atoms with van der Waals surface area (Å²) in [6.45, 7) is 5.91. The maximum Gasteiger partial charge on any atom is 0.237 e. The van der Waals surface area contributed by atoms with E-state index in [1.54, 1.807) is 0 Å². The van der Waals surface area contributed by atoms with E-state index in [9.17, 15) is 4.79 Å². The van der Waals surface area contributed by atoms with Crippen LogP contribution in [0.3, 0.4) is 0 Å². The van der Waals surface area contributed by atoms with E-state index in [0.29, 0.717) is 0 Å². The van der Waals surface area contributed by atoms with Crippen molar-refractivity contribution in [3.63, 3.8) is 0 Å². The van der Waals surface area contributed by atoms with Crippen LogP contribution in [0.4, 0.5) is 0 Å². The number of fused-ring (bicyclic) bond motifs is 1. The summed E-state index contributed by atoms with van der Waals surface area (Å²) in [5, 5.41) is 3.95. The van der Waals surface area contributed by atoms with Crippen LogP contribution in [0.25, 0.3) is 11.0 Å². The summed E-state index contributed by atoms with van der Waals surface area (Å²) in [6.07, 6.45) is 0.883. The molecule has 1 aromatic heterocycles. The number of carbonyl (C=O) groups is 1. The van der Waals surface area contributed by atoms with Crippen LogP contribution in [0.2, 0.25) is 0 Å². The van der Waals surface area contributed by atoms with E-state index in [4.69, 9.17) is 10.2 Å². The number of hydrogen-bond donors (Lipinski definition) is 2. The highest BCUT2D eigenvalue weighted by Crippen LogP contribution is 2.23. The van der Waals surface area contributed by atoms with Crippen molar-refractivity contribution < 1.29 is 9.21 Å². The molecule has 0 aliphatic heterocycles. The largest absolute Gasteiger partial charge is 0.459 e. The summed E-state index contributed by atoms with van der Waals surface area (Å²) in [7, 11) is 0. The molecule has 20 heavy (non-hydrogen) atoms. The highest BCUT2D eigenvalue weighted by atomic mass is 16.3. The van der Waals surface area contributed by atoms with E-state index in [-0.39, 0.29) is 17.9 Å². The average molecular weight is 274 g/mol. The van der Waals surface area contributed by atoms with Crippen molar-refractivity contribution in [1.82, 2.24) is 5.32 Å². The van der Waals surface area contributed by atoms with Crippen LogP contribution in [0.15, 0.2) is 34.7 Å². The molecule has 0 radical (unpaired) electrons. The second-order valence-corrected chi connectivity index (χ2v) is 5.33. The summed E-state index contributed by atoms with van der Waals surface area (Å²) in [6, 6.07) is 9.08. The number of amides is 1. The highest BCUT2D eigenvalue weighted by Gasteiger charge is 2.22. The molecule has 2 rings (SSSR count). The number of benzene rings is 1. The molecule has 0 saturated heterocycles. The van der Waals surface area contributed by atoms with Gasteiger partial charge in [0.25, 0.3) is 0 Å². The van der Waals surface area contributed by atoms with Crippen LogP contribution in [0.1, 0.15) is 39.0 Å². The minimum atomic E-state index is -0.480. The van der Waals surface area contributed by atoms with Crippen molar-refractivity contribution in [3.05, 3.63) is 36.1 Å². The fraction of sp³-hybridized carbons (Fsp3) is 0.438. The highest BCUT2D eigenvalue weighted by molar-refractivity contribution is 5.82. The van der Waals surface area contributed by atoms with E-state index in [1.807, 2.05) is 51.1 Å². The molecule has 108 valence electrons. The minimum absolute atomic E-state index is 0.132. The Bertz CT molecular complexity index is 558. The minimum Gasteiger partial charge on any atom is -0.459 e. The number of furan rings is 1. The van der Waals surface area contributed by atoms with E-state index in [0.717, 1.165) is 23.2 Å². The molecule has 3 N–H and O–H groups in total. The Kier molecular flexibility index (Phi) is 4.45. The molecular weight excluding hydrogens is 252 g/mol. The third-order valence-corrected chi connectivity index (χ3v) is 3.79. The van der Waals surface area contributed by atoms with Crippen molar-refractivity contribution in [2.24, 2.45) is 11.7 Å². The van der Waals surface area contributed by atoms with Gasteiger partial charge in [0.05, 0.1) is 12.1 Å². The number of para-hydroxylation sites is 1. The van der Waals surface area contributed by atoms with Gasteiger partial charge in [-0.15, -0.1) is 0 Å². The maximum absolute atomic E-state index is 12.1. The summed E-state index contributed by atoms with van der Waals surface area (Å²) < 4.78 is 5.74. The summed E-state index contributed by atoms with van der Waals surface area (Å²) in [5.74, 6) is 0.779. The number of nitrogens with one attached hydrogen (secondary N) is 1. The smallest absolute Gasteiger partial charge is 0.237 e. The molecule has 0 aliphatic carbocycles. The van der Waals surface area contributed by atoms with Gasteiger partial charge in [-0.3, -0.25) is 4.79 Å². The van der Waals surface area contributed by atoms with Crippen molar-refractivity contribution in [2.75, 3.05) is 0 Å². The van der Waals surface area contributed by atoms with Crippen LogP contribution in [-0.2, 0) is 4.79 Å². The summed E-state index contributed by atoms with van der Waals surface area (Å²) in [5.41, 5.74) is 6.76. The van der Waals surface area contributed by atoms with Crippen LogP contribution in [0, 0.1) is 5.92 Å². The monoisotopic (exact) mass is 274 g/mol. The summed E-state index contributed by atoms with van der Waals surface area (Å²) in [4.78, 5) is 12.1. The Balaban J connectivity index is 2.07. The standard InChI is InChI=1S/C16H22N2O2/c1-4-10(2)15(17)16(19)18-11(3)14-9-12-7-5-6-8-13(12)20-14/h5-11,15H,4,17H2,1-3H3,(H,18,19)/t10-,11?,15-/m0/s1. The second-order valence-electron chi connectivity index (χ2n) is 5.33. The Morgan fingerprint density at radius 2 is 2.05 bits per heavy atom. The van der Waals surface area contributed by atoms with Gasteiger partial charge >= 0.3 is 0 Å². The topological polar surface area (TPSA) is 68.3 Å². The summed E-state index contributed by atoms with van der Waals surface area (Å²) >= 11 is 0. The molecule has 1 aromatic carbocycles. The molecule has 1 amide bonds. The molecule has 0 aliphatic rings. The first-order valence-corrected chi connectivity index (χ1v) is 7.07. The van der Waals surface area contributed by atoms with Gasteiger partial charge in [0, 0.05) is 5.39 Å². The Labute approximate surface area is 119 Å². The average Bonchev–Trinajstić information content (AvgIpc) is 2.89. The molecule has 0 spiro atoms. The number of carbonyl (C=O) groups excluding carboxylic acids is 1. The lowest BCUT2D eigenvalue weighted by Crippen LogP contribution is -2.45. The lowest BCUT2D eigenvalue weighted by atomic mass is 9.99. The second kappa shape index (κ2) is 6.09. The van der Waals surface area contributed by atoms with Gasteiger partial charge in [-0.1, -0.05) is 38.5 Å². The molecule has 2 aromatic rings. The van der Waals surface area contributed by atoms with Gasteiger partial charge in [0.2, 0.25) is 5.91 Å². The fourth-order valence-electron chi connectivity index (χ4n) is 2.11. The zero-order chi connectivity index (χ0) is 14.7. The van der Waals surface area contributed by atoms with Gasteiger partial charge in [0.1, 0.15) is 11.3 Å². The van der Waals surface area contributed by atoms with Gasteiger partial charge in [-0.25, -0.2) is 0 Å². The third-order valence-electron chi connectivity index (χ3n) is 3.79. The quantitative estimate of drug-likeness (QED) is 0.880. The molecule has 0 bridgehead atoms. The zero-order valence-corrected chi connectivity index (χ0v) is 12.2. The molecule has 4 heteroatoms. The Morgan fingerprint density at radius 3 is 2.70 bits per heavy atom. The van der Waals surface area contributed by atoms with Crippen LogP contribution in [-0.4, -0.2) is 11.9 Å². The number of rotatable bonds is 5. The van der Waals surface area contributed by atoms with Crippen LogP contribution >= 0.6 is 0 Å². The van der Waals surface area contributed by atoms with Gasteiger partial charge in [-0.05, 0) is 25.0 Å². The zero-order valence-electron chi connectivity index (χ0n) is 12.2. The molecule has 0 fully saturated rings. The molecule has 4 nitrogen and oxygen atoms in total. The molecule has 0 saturated carbocycles. The maximum atomic E-state index is 12.1. The fourth-order valence-corrected chi connectivity index (χ4v) is 2.11. The Morgan fingerprint density at radius 1 is 1.35 bits per heavy atom. The first-order chi connectivity index (χ1) is 9.52. The van der Waals surface area contributed by atoms with Crippen molar-refractivity contribution in [1.29, 1.82) is 0 Å². The SMILES string of the molecule is CC[C@H](C)[C@H](N)C(=O)NC(C)c1cc2ccccc2o1.